The van der Waals surface area contributed by atoms with E-state index in [1.807, 2.05) is 24.3 Å². The van der Waals surface area contributed by atoms with Gasteiger partial charge < -0.3 is 14.8 Å². The van der Waals surface area contributed by atoms with Crippen molar-refractivity contribution >= 4 is 15.9 Å². The smallest absolute Gasteiger partial charge is 0.228 e. The summed E-state index contributed by atoms with van der Waals surface area (Å²) < 4.78 is 37.4. The first-order chi connectivity index (χ1) is 13.4. The number of fused-ring (bicyclic) bond motifs is 1. The zero-order chi connectivity index (χ0) is 20.2. The highest BCUT2D eigenvalue weighted by molar-refractivity contribution is 7.89. The van der Waals surface area contributed by atoms with E-state index in [4.69, 9.17) is 9.47 Å². The summed E-state index contributed by atoms with van der Waals surface area (Å²) in [5.74, 6) is 0.684. The van der Waals surface area contributed by atoms with Crippen LogP contribution in [0.15, 0.2) is 24.3 Å². The van der Waals surface area contributed by atoms with Crippen molar-refractivity contribution in [2.75, 3.05) is 33.1 Å². The van der Waals surface area contributed by atoms with Crippen LogP contribution in [0.2, 0.25) is 0 Å². The van der Waals surface area contributed by atoms with Crippen molar-refractivity contribution in [3.63, 3.8) is 0 Å². The van der Waals surface area contributed by atoms with Gasteiger partial charge in [-0.3, -0.25) is 4.79 Å². The Labute approximate surface area is 167 Å². The predicted octanol–water partition coefficient (Wildman–Crippen LogP) is 1.92. The van der Waals surface area contributed by atoms with Gasteiger partial charge in [-0.2, -0.15) is 4.31 Å². The van der Waals surface area contributed by atoms with E-state index in [1.54, 1.807) is 14.2 Å². The van der Waals surface area contributed by atoms with Crippen LogP contribution < -0.4 is 10.1 Å². The third-order valence-corrected chi connectivity index (χ3v) is 7.97. The van der Waals surface area contributed by atoms with E-state index < -0.39 is 15.4 Å². The Hall–Kier alpha value is -1.64. The van der Waals surface area contributed by atoms with Crippen LogP contribution in [-0.4, -0.2) is 57.8 Å². The molecule has 1 aliphatic carbocycles. The van der Waals surface area contributed by atoms with Gasteiger partial charge in [-0.05, 0) is 25.3 Å². The first-order valence-electron chi connectivity index (χ1n) is 9.83. The minimum Gasteiger partial charge on any atom is -0.496 e. The SMILES string of the molecule is COCCN1[C@@H]2CCCC[C@@]2(C(=O)NCc2ccccc2OC)CCS1(=O)=O. The molecule has 1 N–H and O–H groups in total. The third kappa shape index (κ3) is 4.04. The lowest BCUT2D eigenvalue weighted by molar-refractivity contribution is -0.137. The fraction of sp³-hybridized carbons (Fsp3) is 0.650. The largest absolute Gasteiger partial charge is 0.496 e. The molecule has 3 rings (SSSR count). The number of methoxy groups -OCH3 is 2. The molecule has 0 spiro atoms. The Morgan fingerprint density at radius 1 is 1.25 bits per heavy atom. The Bertz CT molecular complexity index is 798. The molecule has 0 bridgehead atoms. The molecule has 1 aromatic carbocycles. The van der Waals surface area contributed by atoms with Crippen LogP contribution in [0.3, 0.4) is 0 Å². The number of hydrogen-bond donors (Lipinski definition) is 1. The van der Waals surface area contributed by atoms with Crippen LogP contribution in [0.25, 0.3) is 0 Å². The number of hydrogen-bond acceptors (Lipinski definition) is 5. The average Bonchev–Trinajstić information content (AvgIpc) is 2.71. The molecule has 2 fully saturated rings. The van der Waals surface area contributed by atoms with E-state index in [-0.39, 0.29) is 17.7 Å². The average molecular weight is 411 g/mol. The molecule has 2 atom stereocenters. The monoisotopic (exact) mass is 410 g/mol. The van der Waals surface area contributed by atoms with E-state index in [9.17, 15) is 13.2 Å². The van der Waals surface area contributed by atoms with Crippen molar-refractivity contribution in [2.24, 2.45) is 5.41 Å². The molecule has 1 aromatic rings. The van der Waals surface area contributed by atoms with E-state index >= 15 is 0 Å². The fourth-order valence-electron chi connectivity index (χ4n) is 4.61. The number of benzene rings is 1. The van der Waals surface area contributed by atoms with E-state index in [0.29, 0.717) is 39.0 Å². The Morgan fingerprint density at radius 2 is 2.04 bits per heavy atom. The number of carbonyl (C=O) groups excluding carboxylic acids is 1. The van der Waals surface area contributed by atoms with Gasteiger partial charge >= 0.3 is 0 Å². The predicted molar refractivity (Wildman–Crippen MR) is 107 cm³/mol. The van der Waals surface area contributed by atoms with E-state index in [2.05, 4.69) is 5.32 Å². The molecule has 0 unspecified atom stereocenters. The summed E-state index contributed by atoms with van der Waals surface area (Å²) in [7, 11) is -0.195. The fourth-order valence-corrected chi connectivity index (χ4v) is 6.51. The molecule has 1 amide bonds. The van der Waals surface area contributed by atoms with Gasteiger partial charge in [-0.15, -0.1) is 0 Å². The van der Waals surface area contributed by atoms with E-state index in [1.165, 1.54) is 4.31 Å². The van der Waals surface area contributed by atoms with Crippen molar-refractivity contribution < 1.29 is 22.7 Å². The van der Waals surface area contributed by atoms with Gasteiger partial charge in [-0.25, -0.2) is 8.42 Å². The molecule has 8 heteroatoms. The Kier molecular flexibility index (Phi) is 6.62. The molecule has 28 heavy (non-hydrogen) atoms. The normalized spacial score (nSPS) is 27.0. The number of sulfonamides is 1. The standard InChI is InChI=1S/C20H30N2O5S/c1-26-13-12-22-18-9-5-6-10-20(18,11-14-28(22,24)25)19(23)21-15-16-7-3-4-8-17(16)27-2/h3-4,7-8,18H,5-6,9-15H2,1-2H3,(H,21,23)/t18-,20-/m1/s1. The molecule has 7 nitrogen and oxygen atoms in total. The maximum absolute atomic E-state index is 13.4. The number of carbonyl (C=O) groups is 1. The van der Waals surface area contributed by atoms with E-state index in [0.717, 1.165) is 24.2 Å². The number of amides is 1. The van der Waals surface area contributed by atoms with Gasteiger partial charge in [0, 0.05) is 31.8 Å². The summed E-state index contributed by atoms with van der Waals surface area (Å²) in [5, 5.41) is 3.07. The maximum atomic E-state index is 13.4. The van der Waals surface area contributed by atoms with Crippen LogP contribution in [0.5, 0.6) is 5.75 Å². The topological polar surface area (TPSA) is 84.9 Å². The number of rotatable bonds is 7. The van der Waals surface area contributed by atoms with Gasteiger partial charge in [0.15, 0.2) is 0 Å². The first kappa shape index (κ1) is 21.1. The highest BCUT2D eigenvalue weighted by atomic mass is 32.2. The molecule has 1 saturated heterocycles. The summed E-state index contributed by atoms with van der Waals surface area (Å²) in [6, 6.07) is 7.28. The first-order valence-corrected chi connectivity index (χ1v) is 11.4. The molecular formula is C20H30N2O5S. The maximum Gasteiger partial charge on any atom is 0.228 e. The lowest BCUT2D eigenvalue weighted by atomic mass is 9.67. The second kappa shape index (κ2) is 8.80. The summed E-state index contributed by atoms with van der Waals surface area (Å²) in [4.78, 5) is 13.4. The second-order valence-electron chi connectivity index (χ2n) is 7.58. The van der Waals surface area contributed by atoms with Crippen LogP contribution in [0.1, 0.15) is 37.7 Å². The van der Waals surface area contributed by atoms with Crippen LogP contribution in [0, 0.1) is 5.41 Å². The second-order valence-corrected chi connectivity index (χ2v) is 9.62. The molecular weight excluding hydrogens is 380 g/mol. The minimum atomic E-state index is -3.36. The Balaban J connectivity index is 1.81. The van der Waals surface area contributed by atoms with Crippen molar-refractivity contribution in [1.82, 2.24) is 9.62 Å². The van der Waals surface area contributed by atoms with Gasteiger partial charge in [0.2, 0.25) is 15.9 Å². The summed E-state index contributed by atoms with van der Waals surface area (Å²) in [6.45, 7) is 0.988. The Morgan fingerprint density at radius 3 is 2.79 bits per heavy atom. The zero-order valence-corrected chi connectivity index (χ0v) is 17.5. The summed E-state index contributed by atoms with van der Waals surface area (Å²) in [5.41, 5.74) is 0.237. The molecule has 1 aliphatic heterocycles. The van der Waals surface area contributed by atoms with Gasteiger partial charge in [0.1, 0.15) is 5.75 Å². The molecule has 2 aliphatic rings. The van der Waals surface area contributed by atoms with Crippen LogP contribution >= 0.6 is 0 Å². The highest BCUT2D eigenvalue weighted by Gasteiger charge is 2.55. The number of nitrogens with zero attached hydrogens (tertiary/aromatic N) is 1. The van der Waals surface area contributed by atoms with Crippen LogP contribution in [-0.2, 0) is 26.1 Å². The molecule has 1 saturated carbocycles. The quantitative estimate of drug-likeness (QED) is 0.742. The molecule has 156 valence electrons. The third-order valence-electron chi connectivity index (χ3n) is 6.10. The number of ether oxygens (including phenoxy) is 2. The van der Waals surface area contributed by atoms with Gasteiger partial charge in [-0.1, -0.05) is 31.0 Å². The molecule has 1 heterocycles. The minimum absolute atomic E-state index is 0.00922. The lowest BCUT2D eigenvalue weighted by Crippen LogP contribution is -2.63. The van der Waals surface area contributed by atoms with Crippen molar-refractivity contribution in [3.8, 4) is 5.75 Å². The molecule has 0 aromatic heterocycles. The van der Waals surface area contributed by atoms with Gasteiger partial charge in [0.05, 0.1) is 24.9 Å². The summed E-state index contributed by atoms with van der Waals surface area (Å²) in [6.07, 6.45) is 3.68. The zero-order valence-electron chi connectivity index (χ0n) is 16.6. The number of nitrogens with one attached hydrogen (secondary N) is 1. The lowest BCUT2D eigenvalue weighted by Gasteiger charge is -2.50. The molecule has 0 radical (unpaired) electrons. The summed E-state index contributed by atoms with van der Waals surface area (Å²) >= 11 is 0. The van der Waals surface area contributed by atoms with Crippen molar-refractivity contribution in [3.05, 3.63) is 29.8 Å². The van der Waals surface area contributed by atoms with Crippen molar-refractivity contribution in [2.45, 2.75) is 44.7 Å². The van der Waals surface area contributed by atoms with Gasteiger partial charge in [0.25, 0.3) is 0 Å². The van der Waals surface area contributed by atoms with Crippen LogP contribution in [0.4, 0.5) is 0 Å². The van der Waals surface area contributed by atoms with Crippen molar-refractivity contribution in [1.29, 1.82) is 0 Å². The number of para-hydroxylation sites is 1. The highest BCUT2D eigenvalue weighted by Crippen LogP contribution is 2.46.